The molecule has 3 aromatic carbocycles. The molecule has 1 aliphatic rings. The first kappa shape index (κ1) is 24.0. The maximum atomic E-state index is 13.3. The molecule has 192 valence electrons. The normalized spacial score (nSPS) is 14.2. The second-order valence-electron chi connectivity index (χ2n) is 9.78. The molecule has 7 heteroatoms. The number of rotatable bonds is 5. The van der Waals surface area contributed by atoms with Crippen LogP contribution in [0.15, 0.2) is 78.9 Å². The average Bonchev–Trinajstić information content (AvgIpc) is 3.25. The number of aliphatic hydroxyl groups excluding tert-OH is 1. The number of pyridine rings is 1. The van der Waals surface area contributed by atoms with Crippen molar-refractivity contribution < 1.29 is 14.6 Å². The molecule has 38 heavy (non-hydrogen) atoms. The molecule has 6 rings (SSSR count). The van der Waals surface area contributed by atoms with E-state index in [9.17, 15) is 9.90 Å². The third-order valence-corrected chi connectivity index (χ3v) is 7.45. The third kappa shape index (κ3) is 4.35. The zero-order valence-corrected chi connectivity index (χ0v) is 21.5. The first-order valence-corrected chi connectivity index (χ1v) is 12.9. The van der Waals surface area contributed by atoms with Crippen LogP contribution < -0.4 is 15.0 Å². The van der Waals surface area contributed by atoms with Gasteiger partial charge in [0.15, 0.2) is 0 Å². The summed E-state index contributed by atoms with van der Waals surface area (Å²) < 4.78 is 7.50. The van der Waals surface area contributed by atoms with E-state index in [4.69, 9.17) is 9.72 Å². The van der Waals surface area contributed by atoms with Crippen molar-refractivity contribution in [2.24, 2.45) is 7.05 Å². The zero-order chi connectivity index (χ0) is 26.2. The van der Waals surface area contributed by atoms with E-state index in [-0.39, 0.29) is 12.0 Å². The van der Waals surface area contributed by atoms with Gasteiger partial charge in [0.05, 0.1) is 24.4 Å². The molecular weight excluding hydrogens is 476 g/mol. The number of aromatic nitrogens is 2. The Morgan fingerprint density at radius 1 is 0.974 bits per heavy atom. The van der Waals surface area contributed by atoms with Gasteiger partial charge in [-0.1, -0.05) is 18.2 Å². The van der Waals surface area contributed by atoms with Crippen LogP contribution in [0.2, 0.25) is 0 Å². The van der Waals surface area contributed by atoms with Crippen LogP contribution in [0.3, 0.4) is 0 Å². The molecule has 0 unspecified atom stereocenters. The average molecular weight is 507 g/mol. The van der Waals surface area contributed by atoms with Crippen molar-refractivity contribution in [3.8, 4) is 17.0 Å². The standard InChI is InChI=1S/C31H30N4O3/c1-34-27-6-4-3-5-25(27)26-19-28(32-29(30(26)34)20-9-13-24(38-2)14-10-20)33-31(37)21-7-11-22(12-8-21)35-17-15-23(36)16-18-35/h3-14,19,23,36H,15-18H2,1-2H3,(H,32,33,37). The number of aliphatic hydroxyl groups is 1. The van der Waals surface area contributed by atoms with Crippen molar-refractivity contribution in [1.82, 2.24) is 9.55 Å². The summed E-state index contributed by atoms with van der Waals surface area (Å²) in [6.07, 6.45) is 1.31. The molecule has 1 saturated heterocycles. The number of nitrogens with zero attached hydrogens (tertiary/aromatic N) is 3. The summed E-state index contributed by atoms with van der Waals surface area (Å²) in [7, 11) is 3.69. The van der Waals surface area contributed by atoms with Gasteiger partial charge in [-0.3, -0.25) is 4.79 Å². The fourth-order valence-electron chi connectivity index (χ4n) is 5.35. The summed E-state index contributed by atoms with van der Waals surface area (Å²) in [6.45, 7) is 1.63. The highest BCUT2D eigenvalue weighted by Crippen LogP contribution is 2.36. The lowest BCUT2D eigenvalue weighted by molar-refractivity contribution is 0.102. The van der Waals surface area contributed by atoms with Crippen LogP contribution in [-0.2, 0) is 7.05 Å². The molecule has 2 N–H and O–H groups in total. The number of hydrogen-bond donors (Lipinski definition) is 2. The van der Waals surface area contributed by atoms with Crippen molar-refractivity contribution in [2.75, 3.05) is 30.4 Å². The SMILES string of the molecule is COc1ccc(-c2nc(NC(=O)c3ccc(N4CCC(O)CC4)cc3)cc3c4ccccc4n(C)c23)cc1. The van der Waals surface area contributed by atoms with Gasteiger partial charge < -0.3 is 24.6 Å². The van der Waals surface area contributed by atoms with Gasteiger partial charge in [-0.15, -0.1) is 0 Å². The summed E-state index contributed by atoms with van der Waals surface area (Å²) in [6, 6.07) is 25.6. The zero-order valence-electron chi connectivity index (χ0n) is 21.5. The van der Waals surface area contributed by atoms with Crippen LogP contribution in [0.25, 0.3) is 33.1 Å². The minimum atomic E-state index is -0.217. The number of anilines is 2. The van der Waals surface area contributed by atoms with Gasteiger partial charge in [0.25, 0.3) is 5.91 Å². The Balaban J connectivity index is 1.36. The van der Waals surface area contributed by atoms with Gasteiger partial charge in [0.2, 0.25) is 0 Å². The third-order valence-electron chi connectivity index (χ3n) is 7.45. The molecule has 0 radical (unpaired) electrons. The van der Waals surface area contributed by atoms with Gasteiger partial charge in [0.1, 0.15) is 11.6 Å². The van der Waals surface area contributed by atoms with Gasteiger partial charge in [0, 0.05) is 53.2 Å². The molecule has 7 nitrogen and oxygen atoms in total. The number of hydrogen-bond acceptors (Lipinski definition) is 5. The van der Waals surface area contributed by atoms with Crippen LogP contribution in [0.4, 0.5) is 11.5 Å². The molecule has 1 amide bonds. The molecule has 5 aromatic rings. The second kappa shape index (κ2) is 9.84. The van der Waals surface area contributed by atoms with E-state index in [0.29, 0.717) is 11.4 Å². The van der Waals surface area contributed by atoms with E-state index in [1.807, 2.05) is 73.8 Å². The van der Waals surface area contributed by atoms with Crippen LogP contribution in [0.1, 0.15) is 23.2 Å². The molecule has 1 fully saturated rings. The van der Waals surface area contributed by atoms with Crippen molar-refractivity contribution in [3.63, 3.8) is 0 Å². The Morgan fingerprint density at radius 3 is 2.39 bits per heavy atom. The van der Waals surface area contributed by atoms with Gasteiger partial charge >= 0.3 is 0 Å². The van der Waals surface area contributed by atoms with Crippen LogP contribution >= 0.6 is 0 Å². The number of benzene rings is 3. The minimum absolute atomic E-state index is 0.210. The number of ether oxygens (including phenoxy) is 1. The highest BCUT2D eigenvalue weighted by atomic mass is 16.5. The Morgan fingerprint density at radius 2 is 1.68 bits per heavy atom. The molecule has 2 aromatic heterocycles. The predicted molar refractivity (Wildman–Crippen MR) is 152 cm³/mol. The largest absolute Gasteiger partial charge is 0.497 e. The first-order valence-electron chi connectivity index (χ1n) is 12.9. The number of piperidine rings is 1. The molecular formula is C31H30N4O3. The van der Waals surface area contributed by atoms with E-state index in [1.54, 1.807) is 7.11 Å². The number of aryl methyl sites for hydroxylation is 1. The summed E-state index contributed by atoms with van der Waals surface area (Å²) in [5, 5.41) is 14.9. The van der Waals surface area contributed by atoms with E-state index in [0.717, 1.165) is 70.4 Å². The topological polar surface area (TPSA) is 79.6 Å². The van der Waals surface area contributed by atoms with E-state index < -0.39 is 0 Å². The fourth-order valence-corrected chi connectivity index (χ4v) is 5.35. The molecule has 0 saturated carbocycles. The number of nitrogens with one attached hydrogen (secondary N) is 1. The summed E-state index contributed by atoms with van der Waals surface area (Å²) >= 11 is 0. The van der Waals surface area contributed by atoms with Crippen LogP contribution in [-0.4, -0.2) is 46.9 Å². The highest BCUT2D eigenvalue weighted by Gasteiger charge is 2.19. The Bertz CT molecular complexity index is 1620. The Labute approximate surface area is 221 Å². The molecule has 1 aliphatic heterocycles. The molecule has 0 aliphatic carbocycles. The number of amides is 1. The predicted octanol–water partition coefficient (Wildman–Crippen LogP) is 5.62. The summed E-state index contributed by atoms with van der Waals surface area (Å²) in [5.74, 6) is 1.06. The van der Waals surface area contributed by atoms with Crippen molar-refractivity contribution in [1.29, 1.82) is 0 Å². The maximum absolute atomic E-state index is 13.3. The van der Waals surface area contributed by atoms with E-state index in [2.05, 4.69) is 26.9 Å². The van der Waals surface area contributed by atoms with Crippen LogP contribution in [0, 0.1) is 0 Å². The van der Waals surface area contributed by atoms with Crippen molar-refractivity contribution >= 4 is 39.2 Å². The number of fused-ring (bicyclic) bond motifs is 3. The monoisotopic (exact) mass is 506 g/mol. The summed E-state index contributed by atoms with van der Waals surface area (Å²) in [5.41, 5.74) is 5.46. The van der Waals surface area contributed by atoms with Gasteiger partial charge in [-0.25, -0.2) is 4.98 Å². The minimum Gasteiger partial charge on any atom is -0.497 e. The quantitative estimate of drug-likeness (QED) is 0.324. The lowest BCUT2D eigenvalue weighted by Crippen LogP contribution is -2.35. The molecule has 0 spiro atoms. The number of carbonyl (C=O) groups excluding carboxylic acids is 1. The number of carbonyl (C=O) groups is 1. The van der Waals surface area contributed by atoms with Gasteiger partial charge in [-0.2, -0.15) is 0 Å². The van der Waals surface area contributed by atoms with Crippen molar-refractivity contribution in [3.05, 3.63) is 84.4 Å². The smallest absolute Gasteiger partial charge is 0.256 e. The second-order valence-corrected chi connectivity index (χ2v) is 9.78. The van der Waals surface area contributed by atoms with E-state index >= 15 is 0 Å². The Hall–Kier alpha value is -4.36. The first-order chi connectivity index (χ1) is 18.5. The molecule has 0 bridgehead atoms. The van der Waals surface area contributed by atoms with Crippen molar-refractivity contribution in [2.45, 2.75) is 18.9 Å². The van der Waals surface area contributed by atoms with Crippen LogP contribution in [0.5, 0.6) is 5.75 Å². The Kier molecular flexibility index (Phi) is 6.21. The highest BCUT2D eigenvalue weighted by molar-refractivity contribution is 6.14. The number of methoxy groups -OCH3 is 1. The molecule has 0 atom stereocenters. The van der Waals surface area contributed by atoms with E-state index in [1.165, 1.54) is 0 Å². The summed E-state index contributed by atoms with van der Waals surface area (Å²) in [4.78, 5) is 20.4. The number of para-hydroxylation sites is 1. The lowest BCUT2D eigenvalue weighted by Gasteiger charge is -2.31. The molecule has 3 heterocycles. The van der Waals surface area contributed by atoms with Gasteiger partial charge in [-0.05, 0) is 73.5 Å². The fraction of sp³-hybridized carbons (Fsp3) is 0.226. The lowest BCUT2D eigenvalue weighted by atomic mass is 10.1. The maximum Gasteiger partial charge on any atom is 0.256 e.